The topological polar surface area (TPSA) is 40.6 Å². The van der Waals surface area contributed by atoms with Gasteiger partial charge in [-0.2, -0.15) is 0 Å². The van der Waals surface area contributed by atoms with Crippen molar-refractivity contribution in [1.29, 1.82) is 0 Å². The molecule has 0 rings (SSSR count). The van der Waals surface area contributed by atoms with Crippen molar-refractivity contribution in [3.05, 3.63) is 11.8 Å². The van der Waals surface area contributed by atoms with E-state index in [-0.39, 0.29) is 18.0 Å². The lowest BCUT2D eigenvalue weighted by molar-refractivity contribution is -0.138. The van der Waals surface area contributed by atoms with Crippen LogP contribution >= 0.6 is 0 Å². The van der Waals surface area contributed by atoms with Crippen molar-refractivity contribution in [2.24, 2.45) is 0 Å². The highest BCUT2D eigenvalue weighted by Crippen LogP contribution is 2.04. The normalized spacial score (nSPS) is 10.9. The first kappa shape index (κ1) is 12.9. The van der Waals surface area contributed by atoms with E-state index in [1.54, 1.807) is 14.1 Å². The summed E-state index contributed by atoms with van der Waals surface area (Å²) in [6, 6.07) is 0. The van der Waals surface area contributed by atoms with Crippen LogP contribution in [-0.2, 0) is 9.59 Å². The maximum absolute atomic E-state index is 11.2. The largest absolute Gasteiger partial charge is 0.322 e. The van der Waals surface area contributed by atoms with Crippen molar-refractivity contribution in [2.45, 2.75) is 20.0 Å². The number of nitrogens with zero attached hydrogens (tertiary/aromatic N) is 2. The van der Waals surface area contributed by atoms with Gasteiger partial charge >= 0.3 is 0 Å². The molecule has 0 N–H and O–H groups in total. The van der Waals surface area contributed by atoms with Crippen molar-refractivity contribution < 1.29 is 9.59 Å². The van der Waals surface area contributed by atoms with Gasteiger partial charge in [-0.15, -0.1) is 5.70 Å². The maximum Gasteiger partial charge on any atom is 0.221 e. The van der Waals surface area contributed by atoms with Crippen LogP contribution in [0.15, 0.2) is 11.8 Å². The highest BCUT2D eigenvalue weighted by molar-refractivity contribution is 6.17. The van der Waals surface area contributed by atoms with E-state index in [9.17, 15) is 9.59 Å². The zero-order valence-electron chi connectivity index (χ0n) is 9.44. The molecule has 0 aliphatic rings. The summed E-state index contributed by atoms with van der Waals surface area (Å²) in [5, 5.41) is 0. The van der Waals surface area contributed by atoms with E-state index < -0.39 is 0 Å². The van der Waals surface area contributed by atoms with Crippen molar-refractivity contribution in [2.75, 3.05) is 14.1 Å². The Labute approximate surface area is 88.0 Å². The number of carbonyl (C=O) groups is 2. The SMILES string of the molecule is CC(=O)N(C)C(C=C[SiH3])N(C)C(C)=O. The van der Waals surface area contributed by atoms with Crippen LogP contribution in [0, 0.1) is 0 Å². The molecule has 0 aromatic rings. The predicted molar refractivity (Wildman–Crippen MR) is 59.8 cm³/mol. The van der Waals surface area contributed by atoms with E-state index in [4.69, 9.17) is 0 Å². The molecule has 0 fully saturated rings. The number of likely N-dealkylation sites (N-methyl/N-ethyl adjacent to an activating group) is 2. The Kier molecular flexibility index (Phi) is 5.15. The first-order valence-corrected chi connectivity index (χ1v) is 5.67. The fourth-order valence-corrected chi connectivity index (χ4v) is 1.41. The lowest BCUT2D eigenvalue weighted by atomic mass is 10.3. The predicted octanol–water partition coefficient (Wildman–Crippen LogP) is -0.852. The maximum atomic E-state index is 11.2. The molecule has 0 aliphatic carbocycles. The lowest BCUT2D eigenvalue weighted by Crippen LogP contribution is -2.47. The summed E-state index contributed by atoms with van der Waals surface area (Å²) in [7, 11) is 4.29. The van der Waals surface area contributed by atoms with E-state index in [1.807, 2.05) is 11.8 Å². The molecule has 4 nitrogen and oxygen atoms in total. The summed E-state index contributed by atoms with van der Waals surface area (Å²) < 4.78 is 0. The average molecular weight is 214 g/mol. The van der Waals surface area contributed by atoms with Gasteiger partial charge < -0.3 is 9.80 Å². The molecule has 0 saturated heterocycles. The van der Waals surface area contributed by atoms with E-state index in [0.29, 0.717) is 0 Å². The fourth-order valence-electron chi connectivity index (χ4n) is 1.06. The van der Waals surface area contributed by atoms with Crippen molar-refractivity contribution in [1.82, 2.24) is 9.80 Å². The van der Waals surface area contributed by atoms with Crippen LogP contribution in [0.25, 0.3) is 0 Å². The van der Waals surface area contributed by atoms with E-state index >= 15 is 0 Å². The van der Waals surface area contributed by atoms with Crippen LogP contribution in [0.4, 0.5) is 0 Å². The molecule has 0 saturated carbocycles. The van der Waals surface area contributed by atoms with Gasteiger partial charge in [0.05, 0.1) is 0 Å². The van der Waals surface area contributed by atoms with Crippen LogP contribution < -0.4 is 0 Å². The van der Waals surface area contributed by atoms with Gasteiger partial charge in [0, 0.05) is 38.2 Å². The second-order valence-corrected chi connectivity index (χ2v) is 3.87. The molecule has 0 radical (unpaired) electrons. The zero-order chi connectivity index (χ0) is 11.3. The third-order valence-corrected chi connectivity index (χ3v) is 2.54. The van der Waals surface area contributed by atoms with Gasteiger partial charge in [0.1, 0.15) is 6.17 Å². The molecular weight excluding hydrogens is 196 g/mol. The molecule has 0 bridgehead atoms. The molecule has 0 atom stereocenters. The van der Waals surface area contributed by atoms with Crippen molar-refractivity contribution in [3.63, 3.8) is 0 Å². The fraction of sp³-hybridized carbons (Fsp3) is 0.556. The summed E-state index contributed by atoms with van der Waals surface area (Å²) >= 11 is 0. The Morgan fingerprint density at radius 2 is 1.50 bits per heavy atom. The molecule has 5 heteroatoms. The summed E-state index contributed by atoms with van der Waals surface area (Å²) in [4.78, 5) is 25.4. The minimum atomic E-state index is -0.262. The molecule has 2 amide bonds. The van der Waals surface area contributed by atoms with E-state index in [2.05, 4.69) is 0 Å². The molecule has 0 heterocycles. The Balaban J connectivity index is 4.75. The van der Waals surface area contributed by atoms with Gasteiger partial charge in [-0.3, -0.25) is 9.59 Å². The number of carbonyl (C=O) groups excluding carboxylic acids is 2. The minimum absolute atomic E-state index is 0.0529. The average Bonchev–Trinajstić information content (AvgIpc) is 2.11. The molecule has 80 valence electrons. The van der Waals surface area contributed by atoms with Crippen LogP contribution in [0.3, 0.4) is 0 Å². The van der Waals surface area contributed by atoms with Gasteiger partial charge in [-0.05, 0) is 0 Å². The summed E-state index contributed by atoms with van der Waals surface area (Å²) in [5.41, 5.74) is 1.96. The van der Waals surface area contributed by atoms with Crippen molar-refractivity contribution >= 4 is 22.1 Å². The zero-order valence-corrected chi connectivity index (χ0v) is 11.4. The van der Waals surface area contributed by atoms with E-state index in [0.717, 1.165) is 10.2 Å². The van der Waals surface area contributed by atoms with Gasteiger partial charge in [-0.25, -0.2) is 0 Å². The molecule has 14 heavy (non-hydrogen) atoms. The van der Waals surface area contributed by atoms with Gasteiger partial charge in [-0.1, -0.05) is 6.08 Å². The van der Waals surface area contributed by atoms with Gasteiger partial charge in [0.25, 0.3) is 0 Å². The van der Waals surface area contributed by atoms with Crippen LogP contribution in [0.5, 0.6) is 0 Å². The summed E-state index contributed by atoms with van der Waals surface area (Å²) in [6.07, 6.45) is 1.61. The molecule has 0 spiro atoms. The molecule has 0 aromatic carbocycles. The standard InChI is InChI=1S/C9H18N2O2Si/c1-7(12)10(3)9(5-6-14)11(4)8(2)13/h5-6,9H,1-4,14H3. The third kappa shape index (κ3) is 3.33. The van der Waals surface area contributed by atoms with Gasteiger partial charge in [0.15, 0.2) is 0 Å². The second-order valence-electron chi connectivity index (χ2n) is 3.20. The Morgan fingerprint density at radius 1 is 1.14 bits per heavy atom. The number of rotatable bonds is 3. The highest BCUT2D eigenvalue weighted by Gasteiger charge is 2.20. The first-order chi connectivity index (χ1) is 6.41. The van der Waals surface area contributed by atoms with Crippen LogP contribution in [0.2, 0.25) is 0 Å². The molecule has 0 aliphatic heterocycles. The van der Waals surface area contributed by atoms with Crippen LogP contribution in [-0.4, -0.2) is 52.1 Å². The Hall–Kier alpha value is -1.10. The third-order valence-electron chi connectivity index (χ3n) is 2.15. The molecule has 0 unspecified atom stereocenters. The molecule has 0 aromatic heterocycles. The second kappa shape index (κ2) is 5.59. The number of amides is 2. The monoisotopic (exact) mass is 214 g/mol. The summed E-state index contributed by atoms with van der Waals surface area (Å²) in [5.74, 6) is -0.106. The number of hydrogen-bond donors (Lipinski definition) is 0. The Morgan fingerprint density at radius 3 is 1.71 bits per heavy atom. The lowest BCUT2D eigenvalue weighted by Gasteiger charge is -2.32. The smallest absolute Gasteiger partial charge is 0.221 e. The van der Waals surface area contributed by atoms with Gasteiger partial charge in [0.2, 0.25) is 11.8 Å². The summed E-state index contributed by atoms with van der Waals surface area (Å²) in [6.45, 7) is 2.98. The van der Waals surface area contributed by atoms with Crippen molar-refractivity contribution in [3.8, 4) is 0 Å². The first-order valence-electron chi connectivity index (χ1n) is 4.51. The van der Waals surface area contributed by atoms with Crippen LogP contribution in [0.1, 0.15) is 13.8 Å². The quantitative estimate of drug-likeness (QED) is 0.453. The minimum Gasteiger partial charge on any atom is -0.322 e. The van der Waals surface area contributed by atoms with E-state index in [1.165, 1.54) is 23.6 Å². The Bertz CT molecular complexity index is 233. The highest BCUT2D eigenvalue weighted by atomic mass is 28.1. The molecular formula is C9H18N2O2Si. The number of hydrogen-bond acceptors (Lipinski definition) is 2.